The van der Waals surface area contributed by atoms with Crippen molar-refractivity contribution in [3.05, 3.63) is 59.7 Å². The zero-order valence-electron chi connectivity index (χ0n) is 13.4. The summed E-state index contributed by atoms with van der Waals surface area (Å²) < 4.78 is 4.92. The molecule has 2 N–H and O–H groups in total. The second-order valence-electron chi connectivity index (χ2n) is 5.22. The summed E-state index contributed by atoms with van der Waals surface area (Å²) in [5.41, 5.74) is 3.23. The largest absolute Gasteiger partial charge is 0.467 e. The fraction of sp³-hybridized carbons (Fsp3) is 0.222. The van der Waals surface area contributed by atoms with Gasteiger partial charge in [-0.3, -0.25) is 4.79 Å². The second kappa shape index (κ2) is 7.45. The van der Waals surface area contributed by atoms with Crippen molar-refractivity contribution in [1.29, 1.82) is 0 Å². The Balaban J connectivity index is 2.30. The van der Waals surface area contributed by atoms with E-state index in [0.29, 0.717) is 5.69 Å². The summed E-state index contributed by atoms with van der Waals surface area (Å²) in [5.74, 6) is -0.519. The van der Waals surface area contributed by atoms with Crippen molar-refractivity contribution in [1.82, 2.24) is 0 Å². The number of nitrogens with one attached hydrogen (secondary N) is 2. The van der Waals surface area contributed by atoms with Crippen molar-refractivity contribution in [2.45, 2.75) is 19.9 Å². The van der Waals surface area contributed by atoms with Gasteiger partial charge in [-0.2, -0.15) is 0 Å². The molecule has 1 amide bonds. The van der Waals surface area contributed by atoms with Gasteiger partial charge in [0.2, 0.25) is 5.91 Å². The average Bonchev–Trinajstić information content (AvgIpc) is 2.52. The number of benzene rings is 2. The number of aryl methyl sites for hydroxylation is 1. The van der Waals surface area contributed by atoms with Crippen LogP contribution in [0.25, 0.3) is 0 Å². The molecule has 0 saturated carbocycles. The van der Waals surface area contributed by atoms with Gasteiger partial charge in [-0.15, -0.1) is 0 Å². The number of carbonyl (C=O) groups is 2. The van der Waals surface area contributed by atoms with E-state index in [-0.39, 0.29) is 11.9 Å². The van der Waals surface area contributed by atoms with E-state index in [0.717, 1.165) is 16.8 Å². The van der Waals surface area contributed by atoms with E-state index in [1.54, 1.807) is 18.2 Å². The SMILES string of the molecule is COC(=O)[C@@H](Nc1cccc(NC(C)=O)c1)c1ccccc1C. The lowest BCUT2D eigenvalue weighted by atomic mass is 10.0. The van der Waals surface area contributed by atoms with E-state index >= 15 is 0 Å². The number of ether oxygens (including phenoxy) is 1. The lowest BCUT2D eigenvalue weighted by molar-refractivity contribution is -0.141. The molecule has 0 radical (unpaired) electrons. The summed E-state index contributed by atoms with van der Waals surface area (Å²) in [6.45, 7) is 3.39. The number of rotatable bonds is 5. The highest BCUT2D eigenvalue weighted by atomic mass is 16.5. The summed E-state index contributed by atoms with van der Waals surface area (Å²) in [6, 6.07) is 14.2. The maximum atomic E-state index is 12.2. The first-order chi connectivity index (χ1) is 11.0. The first-order valence-electron chi connectivity index (χ1n) is 7.29. The summed E-state index contributed by atoms with van der Waals surface area (Å²) in [7, 11) is 1.36. The number of anilines is 2. The van der Waals surface area contributed by atoms with Gasteiger partial charge in [-0.1, -0.05) is 30.3 Å². The molecule has 0 aromatic heterocycles. The normalized spacial score (nSPS) is 11.4. The zero-order chi connectivity index (χ0) is 16.8. The van der Waals surface area contributed by atoms with Crippen molar-refractivity contribution >= 4 is 23.3 Å². The van der Waals surface area contributed by atoms with E-state index in [4.69, 9.17) is 4.74 Å². The molecule has 0 bridgehead atoms. The fourth-order valence-corrected chi connectivity index (χ4v) is 2.35. The third kappa shape index (κ3) is 4.32. The van der Waals surface area contributed by atoms with Gasteiger partial charge in [0.05, 0.1) is 7.11 Å². The molecule has 0 fully saturated rings. The number of hydrogen-bond donors (Lipinski definition) is 2. The van der Waals surface area contributed by atoms with Crippen LogP contribution in [-0.2, 0) is 14.3 Å². The quantitative estimate of drug-likeness (QED) is 0.831. The first-order valence-corrected chi connectivity index (χ1v) is 7.29. The summed E-state index contributed by atoms with van der Waals surface area (Å²) in [6.07, 6.45) is 0. The van der Waals surface area contributed by atoms with Gasteiger partial charge < -0.3 is 15.4 Å². The molecule has 2 aromatic carbocycles. The van der Waals surface area contributed by atoms with Gasteiger partial charge in [-0.25, -0.2) is 4.79 Å². The van der Waals surface area contributed by atoms with Crippen LogP contribution in [0.15, 0.2) is 48.5 Å². The lowest BCUT2D eigenvalue weighted by Gasteiger charge is -2.20. The van der Waals surface area contributed by atoms with Crippen LogP contribution in [0.3, 0.4) is 0 Å². The van der Waals surface area contributed by atoms with Crippen LogP contribution in [0.2, 0.25) is 0 Å². The standard InChI is InChI=1S/C18H20N2O3/c1-12-7-4-5-10-16(12)17(18(22)23-3)20-15-9-6-8-14(11-15)19-13(2)21/h4-11,17,20H,1-3H3,(H,19,21)/t17-/m0/s1. The Bertz CT molecular complexity index is 713. The molecule has 0 unspecified atom stereocenters. The predicted molar refractivity (Wildman–Crippen MR) is 90.3 cm³/mol. The third-order valence-corrected chi connectivity index (χ3v) is 3.43. The Morgan fingerprint density at radius 3 is 2.39 bits per heavy atom. The van der Waals surface area contributed by atoms with Gasteiger partial charge in [0, 0.05) is 18.3 Å². The lowest BCUT2D eigenvalue weighted by Crippen LogP contribution is -2.23. The molecule has 5 heteroatoms. The van der Waals surface area contributed by atoms with Gasteiger partial charge in [-0.05, 0) is 36.2 Å². The third-order valence-electron chi connectivity index (χ3n) is 3.43. The molecule has 0 aliphatic carbocycles. The van der Waals surface area contributed by atoms with Crippen LogP contribution in [0, 0.1) is 6.92 Å². The Hall–Kier alpha value is -2.82. The molecule has 0 spiro atoms. The highest BCUT2D eigenvalue weighted by Crippen LogP contribution is 2.25. The van der Waals surface area contributed by atoms with Crippen LogP contribution >= 0.6 is 0 Å². The Morgan fingerprint density at radius 1 is 1.04 bits per heavy atom. The Labute approximate surface area is 135 Å². The number of amides is 1. The van der Waals surface area contributed by atoms with Crippen LogP contribution < -0.4 is 10.6 Å². The minimum atomic E-state index is -0.617. The van der Waals surface area contributed by atoms with Gasteiger partial charge in [0.15, 0.2) is 6.04 Å². The minimum Gasteiger partial charge on any atom is -0.467 e. The maximum absolute atomic E-state index is 12.2. The minimum absolute atomic E-state index is 0.148. The average molecular weight is 312 g/mol. The molecule has 0 aliphatic rings. The topological polar surface area (TPSA) is 67.4 Å². The van der Waals surface area contributed by atoms with E-state index in [2.05, 4.69) is 10.6 Å². The molecule has 0 saturated heterocycles. The fourth-order valence-electron chi connectivity index (χ4n) is 2.35. The highest BCUT2D eigenvalue weighted by molar-refractivity contribution is 5.89. The Kier molecular flexibility index (Phi) is 5.36. The van der Waals surface area contributed by atoms with Gasteiger partial charge in [0.25, 0.3) is 0 Å². The van der Waals surface area contributed by atoms with Crippen molar-refractivity contribution in [2.75, 3.05) is 17.7 Å². The number of esters is 1. The molecule has 0 heterocycles. The van der Waals surface area contributed by atoms with E-state index in [1.807, 2.05) is 37.3 Å². The molecule has 5 nitrogen and oxygen atoms in total. The van der Waals surface area contributed by atoms with Crippen molar-refractivity contribution in [2.24, 2.45) is 0 Å². The zero-order valence-corrected chi connectivity index (χ0v) is 13.4. The molecule has 23 heavy (non-hydrogen) atoms. The number of methoxy groups -OCH3 is 1. The maximum Gasteiger partial charge on any atom is 0.332 e. The summed E-state index contributed by atoms with van der Waals surface area (Å²) >= 11 is 0. The molecule has 2 rings (SSSR count). The van der Waals surface area contributed by atoms with E-state index in [9.17, 15) is 9.59 Å². The molecule has 0 aliphatic heterocycles. The van der Waals surface area contributed by atoms with E-state index in [1.165, 1.54) is 14.0 Å². The van der Waals surface area contributed by atoms with Crippen molar-refractivity contribution in [3.63, 3.8) is 0 Å². The number of hydrogen-bond acceptors (Lipinski definition) is 4. The molecule has 2 aromatic rings. The summed E-state index contributed by atoms with van der Waals surface area (Å²) in [4.78, 5) is 23.3. The van der Waals surface area contributed by atoms with Gasteiger partial charge in [0.1, 0.15) is 0 Å². The van der Waals surface area contributed by atoms with Crippen LogP contribution in [0.1, 0.15) is 24.1 Å². The van der Waals surface area contributed by atoms with Crippen molar-refractivity contribution < 1.29 is 14.3 Å². The van der Waals surface area contributed by atoms with Crippen LogP contribution in [0.5, 0.6) is 0 Å². The first kappa shape index (κ1) is 16.5. The Morgan fingerprint density at radius 2 is 1.74 bits per heavy atom. The predicted octanol–water partition coefficient (Wildman–Crippen LogP) is 3.28. The van der Waals surface area contributed by atoms with Gasteiger partial charge >= 0.3 is 5.97 Å². The smallest absolute Gasteiger partial charge is 0.332 e. The molecule has 1 atom stereocenters. The van der Waals surface area contributed by atoms with Crippen LogP contribution in [-0.4, -0.2) is 19.0 Å². The van der Waals surface area contributed by atoms with Crippen molar-refractivity contribution in [3.8, 4) is 0 Å². The van der Waals surface area contributed by atoms with E-state index < -0.39 is 6.04 Å². The molecular formula is C18H20N2O3. The molecule has 120 valence electrons. The highest BCUT2D eigenvalue weighted by Gasteiger charge is 2.22. The molecular weight excluding hydrogens is 292 g/mol. The summed E-state index contributed by atoms with van der Waals surface area (Å²) in [5, 5.41) is 5.89. The van der Waals surface area contributed by atoms with Crippen LogP contribution in [0.4, 0.5) is 11.4 Å². The monoisotopic (exact) mass is 312 g/mol. The second-order valence-corrected chi connectivity index (χ2v) is 5.22. The number of carbonyl (C=O) groups excluding carboxylic acids is 2.